The SMILES string of the molecule is CCNC(=NCc1ccc(C)cc1)NCCNC(=O)c1cccnc1.I. The Kier molecular flexibility index (Phi) is 10.3. The van der Waals surface area contributed by atoms with E-state index in [0.717, 1.165) is 18.1 Å². The monoisotopic (exact) mass is 467 g/mol. The van der Waals surface area contributed by atoms with Crippen molar-refractivity contribution in [3.8, 4) is 0 Å². The van der Waals surface area contributed by atoms with E-state index in [1.807, 2.05) is 6.92 Å². The van der Waals surface area contributed by atoms with Crippen molar-refractivity contribution in [1.29, 1.82) is 0 Å². The lowest BCUT2D eigenvalue weighted by Gasteiger charge is -2.12. The van der Waals surface area contributed by atoms with Crippen LogP contribution in [0, 0.1) is 6.92 Å². The molecule has 6 nitrogen and oxygen atoms in total. The second-order valence-corrected chi connectivity index (χ2v) is 5.61. The minimum absolute atomic E-state index is 0. The van der Waals surface area contributed by atoms with Crippen LogP contribution in [-0.2, 0) is 6.54 Å². The first-order chi connectivity index (χ1) is 12.2. The number of rotatable bonds is 7. The average molecular weight is 467 g/mol. The number of amides is 1. The number of carbonyl (C=O) groups excluding carboxylic acids is 1. The van der Waals surface area contributed by atoms with E-state index < -0.39 is 0 Å². The van der Waals surface area contributed by atoms with Crippen LogP contribution in [0.2, 0.25) is 0 Å². The van der Waals surface area contributed by atoms with E-state index in [2.05, 4.69) is 57.1 Å². The molecule has 0 bridgehead atoms. The molecule has 0 saturated heterocycles. The van der Waals surface area contributed by atoms with E-state index in [1.165, 1.54) is 5.56 Å². The highest BCUT2D eigenvalue weighted by molar-refractivity contribution is 14.0. The van der Waals surface area contributed by atoms with Gasteiger partial charge in [0.25, 0.3) is 5.91 Å². The van der Waals surface area contributed by atoms with Gasteiger partial charge in [-0.05, 0) is 31.5 Å². The Labute approximate surface area is 171 Å². The minimum Gasteiger partial charge on any atom is -0.357 e. The molecule has 0 saturated carbocycles. The van der Waals surface area contributed by atoms with Gasteiger partial charge < -0.3 is 16.0 Å². The zero-order valence-corrected chi connectivity index (χ0v) is 17.5. The number of nitrogens with one attached hydrogen (secondary N) is 3. The zero-order valence-electron chi connectivity index (χ0n) is 15.2. The standard InChI is InChI=1S/C19H25N5O.HI/c1-3-21-19(24-13-16-8-6-15(2)7-9-16)23-12-11-22-18(25)17-5-4-10-20-14-17;/h4-10,14H,3,11-13H2,1-2H3,(H,22,25)(H2,21,23,24);1H. The van der Waals surface area contributed by atoms with Gasteiger partial charge >= 0.3 is 0 Å². The predicted molar refractivity (Wildman–Crippen MR) is 116 cm³/mol. The van der Waals surface area contributed by atoms with Crippen molar-refractivity contribution >= 4 is 35.8 Å². The molecular weight excluding hydrogens is 441 g/mol. The smallest absolute Gasteiger partial charge is 0.252 e. The number of aliphatic imine (C=N–C) groups is 1. The normalized spacial score (nSPS) is 10.6. The molecule has 7 heteroatoms. The van der Waals surface area contributed by atoms with E-state index in [1.54, 1.807) is 24.5 Å². The number of benzene rings is 1. The van der Waals surface area contributed by atoms with Crippen molar-refractivity contribution in [3.05, 3.63) is 65.5 Å². The van der Waals surface area contributed by atoms with Crippen LogP contribution in [0.25, 0.3) is 0 Å². The molecule has 0 atom stereocenters. The second kappa shape index (κ2) is 12.2. The molecule has 26 heavy (non-hydrogen) atoms. The van der Waals surface area contributed by atoms with Crippen LogP contribution in [-0.4, -0.2) is 36.5 Å². The summed E-state index contributed by atoms with van der Waals surface area (Å²) in [5.74, 6) is 0.607. The van der Waals surface area contributed by atoms with E-state index in [9.17, 15) is 4.79 Å². The highest BCUT2D eigenvalue weighted by Gasteiger charge is 2.04. The van der Waals surface area contributed by atoms with E-state index in [4.69, 9.17) is 0 Å². The number of halogens is 1. The third-order valence-corrected chi connectivity index (χ3v) is 3.51. The number of pyridine rings is 1. The maximum absolute atomic E-state index is 11.9. The largest absolute Gasteiger partial charge is 0.357 e. The van der Waals surface area contributed by atoms with Gasteiger partial charge in [0.05, 0.1) is 12.1 Å². The number of aryl methyl sites for hydroxylation is 1. The molecule has 0 unspecified atom stereocenters. The number of hydrogen-bond donors (Lipinski definition) is 3. The minimum atomic E-state index is -0.128. The molecule has 0 aliphatic carbocycles. The number of nitrogens with zero attached hydrogens (tertiary/aromatic N) is 2. The highest BCUT2D eigenvalue weighted by Crippen LogP contribution is 2.04. The fourth-order valence-corrected chi connectivity index (χ4v) is 2.16. The first-order valence-electron chi connectivity index (χ1n) is 8.45. The second-order valence-electron chi connectivity index (χ2n) is 5.61. The van der Waals surface area contributed by atoms with Gasteiger partial charge in [-0.1, -0.05) is 29.8 Å². The first kappa shape index (κ1) is 21.9. The van der Waals surface area contributed by atoms with Crippen LogP contribution in [0.5, 0.6) is 0 Å². The summed E-state index contributed by atoms with van der Waals surface area (Å²) in [6.45, 7) is 6.57. The molecule has 2 aromatic rings. The van der Waals surface area contributed by atoms with Crippen LogP contribution < -0.4 is 16.0 Å². The van der Waals surface area contributed by atoms with E-state index in [0.29, 0.717) is 25.2 Å². The summed E-state index contributed by atoms with van der Waals surface area (Å²) in [7, 11) is 0. The van der Waals surface area contributed by atoms with Crippen molar-refractivity contribution in [3.63, 3.8) is 0 Å². The van der Waals surface area contributed by atoms with Crippen molar-refractivity contribution in [1.82, 2.24) is 20.9 Å². The Bertz CT molecular complexity index is 689. The third-order valence-electron chi connectivity index (χ3n) is 3.51. The summed E-state index contributed by atoms with van der Waals surface area (Å²) < 4.78 is 0. The van der Waals surface area contributed by atoms with Gasteiger partial charge in [0.1, 0.15) is 0 Å². The topological polar surface area (TPSA) is 78.4 Å². The lowest BCUT2D eigenvalue weighted by Crippen LogP contribution is -2.41. The molecule has 2 rings (SSSR count). The van der Waals surface area contributed by atoms with Crippen molar-refractivity contribution in [2.75, 3.05) is 19.6 Å². The van der Waals surface area contributed by atoms with Crippen LogP contribution in [0.15, 0.2) is 53.8 Å². The van der Waals surface area contributed by atoms with E-state index in [-0.39, 0.29) is 29.9 Å². The summed E-state index contributed by atoms with van der Waals surface area (Å²) >= 11 is 0. The Morgan fingerprint density at radius 1 is 1.08 bits per heavy atom. The maximum atomic E-state index is 11.9. The fourth-order valence-electron chi connectivity index (χ4n) is 2.16. The summed E-state index contributed by atoms with van der Waals surface area (Å²) in [4.78, 5) is 20.4. The van der Waals surface area contributed by atoms with E-state index >= 15 is 0 Å². The van der Waals surface area contributed by atoms with Crippen LogP contribution in [0.4, 0.5) is 0 Å². The molecule has 0 aliphatic heterocycles. The van der Waals surface area contributed by atoms with Gasteiger partial charge in [0, 0.05) is 32.0 Å². The summed E-state index contributed by atoms with van der Waals surface area (Å²) in [6, 6.07) is 11.8. The number of guanidine groups is 1. The quantitative estimate of drug-likeness (QED) is 0.253. The lowest BCUT2D eigenvalue weighted by molar-refractivity contribution is 0.0954. The zero-order chi connectivity index (χ0) is 17.9. The van der Waals surface area contributed by atoms with Gasteiger partial charge in [-0.3, -0.25) is 9.78 Å². The predicted octanol–water partition coefficient (Wildman–Crippen LogP) is 2.49. The van der Waals surface area contributed by atoms with Crippen molar-refractivity contribution in [2.45, 2.75) is 20.4 Å². The summed E-state index contributed by atoms with van der Waals surface area (Å²) in [5, 5.41) is 9.27. The van der Waals surface area contributed by atoms with Crippen LogP contribution >= 0.6 is 24.0 Å². The van der Waals surface area contributed by atoms with Crippen molar-refractivity contribution in [2.24, 2.45) is 4.99 Å². The maximum Gasteiger partial charge on any atom is 0.252 e. The number of aromatic nitrogens is 1. The average Bonchev–Trinajstić information content (AvgIpc) is 2.65. The molecule has 140 valence electrons. The Balaban J connectivity index is 0.00000338. The summed E-state index contributed by atoms with van der Waals surface area (Å²) in [5.41, 5.74) is 2.96. The Hall–Kier alpha value is -2.16. The molecule has 1 heterocycles. The molecule has 0 aliphatic rings. The summed E-state index contributed by atoms with van der Waals surface area (Å²) in [6.07, 6.45) is 3.20. The molecule has 0 radical (unpaired) electrons. The molecule has 1 amide bonds. The molecule has 3 N–H and O–H groups in total. The molecule has 1 aromatic heterocycles. The highest BCUT2D eigenvalue weighted by atomic mass is 127. The van der Waals surface area contributed by atoms with Gasteiger partial charge in [-0.25, -0.2) is 4.99 Å². The molecule has 0 spiro atoms. The van der Waals surface area contributed by atoms with Crippen LogP contribution in [0.1, 0.15) is 28.4 Å². The van der Waals surface area contributed by atoms with Gasteiger partial charge in [0.15, 0.2) is 5.96 Å². The van der Waals surface area contributed by atoms with Gasteiger partial charge in [0.2, 0.25) is 0 Å². The van der Waals surface area contributed by atoms with Crippen molar-refractivity contribution < 1.29 is 4.79 Å². The lowest BCUT2D eigenvalue weighted by atomic mass is 10.1. The number of carbonyl (C=O) groups is 1. The third kappa shape index (κ3) is 7.81. The Morgan fingerprint density at radius 2 is 1.81 bits per heavy atom. The molecule has 1 aromatic carbocycles. The fraction of sp³-hybridized carbons (Fsp3) is 0.316. The van der Waals surface area contributed by atoms with Gasteiger partial charge in [-0.15, -0.1) is 24.0 Å². The molecular formula is C19H26IN5O. The van der Waals surface area contributed by atoms with Crippen LogP contribution in [0.3, 0.4) is 0 Å². The molecule has 0 fully saturated rings. The number of hydrogen-bond acceptors (Lipinski definition) is 3. The Morgan fingerprint density at radius 3 is 2.46 bits per heavy atom. The first-order valence-corrected chi connectivity index (χ1v) is 8.45. The van der Waals surface area contributed by atoms with Gasteiger partial charge in [-0.2, -0.15) is 0 Å².